The molecule has 0 spiro atoms. The van der Waals surface area contributed by atoms with E-state index in [-0.39, 0.29) is 31.7 Å². The van der Waals surface area contributed by atoms with E-state index in [9.17, 15) is 39.0 Å². The van der Waals surface area contributed by atoms with E-state index in [0.29, 0.717) is 37.7 Å². The fourth-order valence-electron chi connectivity index (χ4n) is 12.7. The molecule has 0 heterocycles. The van der Waals surface area contributed by atoms with Gasteiger partial charge in [-0.1, -0.05) is 152 Å². The van der Waals surface area contributed by atoms with Crippen LogP contribution in [0.3, 0.4) is 0 Å². The fraction of sp³-hybridized carbons (Fsp3) is 0.723. The molecule has 78 heavy (non-hydrogen) atoms. The molecular formula is C65H99FO12. The summed E-state index contributed by atoms with van der Waals surface area (Å²) in [5.41, 5.74) is -6.02. The molecule has 3 saturated carbocycles. The van der Waals surface area contributed by atoms with Gasteiger partial charge in [0.1, 0.15) is 18.8 Å². The Morgan fingerprint density at radius 3 is 1.67 bits per heavy atom. The Kier molecular flexibility index (Phi) is 29.3. The number of carbonyl (C=O) groups is 6. The normalized spacial score (nSPS) is 27.0. The number of aliphatic hydroxyl groups excluding tert-OH is 1. The Balaban J connectivity index is 1.20. The van der Waals surface area contributed by atoms with Crippen LogP contribution < -0.4 is 0 Å². The van der Waals surface area contributed by atoms with Crippen molar-refractivity contribution in [3.63, 3.8) is 0 Å². The fourth-order valence-corrected chi connectivity index (χ4v) is 12.7. The molecule has 438 valence electrons. The van der Waals surface area contributed by atoms with E-state index >= 15 is 4.39 Å². The Hall–Kier alpha value is -4.49. The van der Waals surface area contributed by atoms with Crippen LogP contribution in [0.5, 0.6) is 0 Å². The summed E-state index contributed by atoms with van der Waals surface area (Å²) >= 11 is 0. The third-order valence-electron chi connectivity index (χ3n) is 17.4. The molecule has 0 saturated heterocycles. The lowest BCUT2D eigenvalue weighted by Crippen LogP contribution is -2.69. The van der Waals surface area contributed by atoms with Crippen molar-refractivity contribution in [1.29, 1.82) is 0 Å². The maximum Gasteiger partial charge on any atom is 0.306 e. The van der Waals surface area contributed by atoms with E-state index in [1.807, 2.05) is 0 Å². The molecule has 0 aromatic heterocycles. The van der Waals surface area contributed by atoms with Crippen LogP contribution in [0.2, 0.25) is 0 Å². The third-order valence-corrected chi connectivity index (χ3v) is 17.4. The van der Waals surface area contributed by atoms with Crippen molar-refractivity contribution < 1.29 is 62.3 Å². The minimum atomic E-state index is -2.13. The Labute approximate surface area is 467 Å². The number of allylic oxidation sites excluding steroid dienone is 12. The Bertz CT molecular complexity index is 2090. The van der Waals surface area contributed by atoms with Gasteiger partial charge in [0.15, 0.2) is 24.2 Å². The number of rotatable bonds is 39. The van der Waals surface area contributed by atoms with Crippen LogP contribution in [0.1, 0.15) is 227 Å². The summed E-state index contributed by atoms with van der Waals surface area (Å²) in [5, 5.41) is 23.9. The highest BCUT2D eigenvalue weighted by atomic mass is 19.1. The van der Waals surface area contributed by atoms with Crippen molar-refractivity contribution in [1.82, 2.24) is 0 Å². The van der Waals surface area contributed by atoms with Crippen molar-refractivity contribution in [3.05, 3.63) is 72.4 Å². The highest BCUT2D eigenvalue weighted by Crippen LogP contribution is 2.70. The number of unbranched alkanes of at least 4 members (excludes halogenated alkanes) is 16. The number of ketones is 2. The van der Waals surface area contributed by atoms with E-state index in [2.05, 4.69) is 62.5 Å². The van der Waals surface area contributed by atoms with Gasteiger partial charge in [0.2, 0.25) is 5.78 Å². The van der Waals surface area contributed by atoms with E-state index < -0.39 is 108 Å². The van der Waals surface area contributed by atoms with Crippen molar-refractivity contribution in [2.24, 2.45) is 28.6 Å². The maximum absolute atomic E-state index is 17.6. The zero-order valence-corrected chi connectivity index (χ0v) is 48.4. The largest absolute Gasteiger partial charge is 0.462 e. The molecule has 0 unspecified atom stereocenters. The van der Waals surface area contributed by atoms with E-state index in [1.54, 1.807) is 26.8 Å². The minimum absolute atomic E-state index is 0.156. The van der Waals surface area contributed by atoms with Crippen LogP contribution >= 0.6 is 0 Å². The van der Waals surface area contributed by atoms with Gasteiger partial charge in [-0.2, -0.15) is 0 Å². The van der Waals surface area contributed by atoms with Crippen molar-refractivity contribution in [2.45, 2.75) is 251 Å². The quantitative estimate of drug-likeness (QED) is 0.0258. The van der Waals surface area contributed by atoms with Gasteiger partial charge >= 0.3 is 23.9 Å². The van der Waals surface area contributed by atoms with E-state index in [4.69, 9.17) is 18.9 Å². The summed E-state index contributed by atoms with van der Waals surface area (Å²) in [6.07, 6.45) is 43.0. The molecule has 4 aliphatic rings. The molecule has 0 amide bonds. The zero-order chi connectivity index (χ0) is 56.9. The summed E-state index contributed by atoms with van der Waals surface area (Å²) in [5.74, 6) is -5.47. The van der Waals surface area contributed by atoms with Gasteiger partial charge in [-0.25, -0.2) is 4.39 Å². The second-order valence-electron chi connectivity index (χ2n) is 23.2. The van der Waals surface area contributed by atoms with Crippen LogP contribution in [0.15, 0.2) is 72.4 Å². The average Bonchev–Trinajstić information content (AvgIpc) is 3.71. The van der Waals surface area contributed by atoms with Crippen LogP contribution in [0.25, 0.3) is 0 Å². The zero-order valence-electron chi connectivity index (χ0n) is 48.4. The summed E-state index contributed by atoms with van der Waals surface area (Å²) < 4.78 is 39.5. The van der Waals surface area contributed by atoms with Crippen LogP contribution in [0.4, 0.5) is 4.39 Å². The molecule has 13 heteroatoms. The minimum Gasteiger partial charge on any atom is -0.462 e. The number of esters is 4. The van der Waals surface area contributed by atoms with Crippen LogP contribution in [-0.2, 0) is 47.7 Å². The van der Waals surface area contributed by atoms with Gasteiger partial charge < -0.3 is 29.2 Å². The first kappa shape index (κ1) is 66.0. The molecule has 4 aliphatic carbocycles. The summed E-state index contributed by atoms with van der Waals surface area (Å²) in [6, 6.07) is 0. The molecule has 0 aromatic carbocycles. The first-order valence-corrected chi connectivity index (χ1v) is 30.3. The summed E-state index contributed by atoms with van der Waals surface area (Å²) in [6.45, 7) is 8.05. The number of fused-ring (bicyclic) bond motifs is 5. The summed E-state index contributed by atoms with van der Waals surface area (Å²) in [7, 11) is 0. The molecule has 0 aliphatic heterocycles. The summed E-state index contributed by atoms with van der Waals surface area (Å²) in [4.78, 5) is 77.8. The lowest BCUT2D eigenvalue weighted by molar-refractivity contribution is -0.220. The Morgan fingerprint density at radius 2 is 1.13 bits per heavy atom. The predicted molar refractivity (Wildman–Crippen MR) is 304 cm³/mol. The molecule has 4 rings (SSSR count). The molecule has 9 atom stereocenters. The molecule has 0 bridgehead atoms. The molecule has 0 radical (unpaired) electrons. The van der Waals surface area contributed by atoms with Crippen molar-refractivity contribution in [2.75, 3.05) is 19.8 Å². The average molecular weight is 1090 g/mol. The first-order chi connectivity index (χ1) is 37.5. The molecule has 2 N–H and O–H groups in total. The van der Waals surface area contributed by atoms with E-state index in [0.717, 1.165) is 89.9 Å². The van der Waals surface area contributed by atoms with Gasteiger partial charge in [0.25, 0.3) is 0 Å². The maximum atomic E-state index is 17.6. The van der Waals surface area contributed by atoms with Gasteiger partial charge in [-0.05, 0) is 134 Å². The standard InChI is InChI=1S/C65H99FO12/c1-6-8-10-12-14-16-18-20-22-24-26-28-30-32-34-36-58(70)75-47-53(78-61(73)37-35-33-31-29-27-25-23-21-19-17-15-13-11-9-7-2)48-76-59(71)40-41-60(72)77-49-57(69)65(74)50(3)44-55-54-39-38-51-45-52(67)42-43-62(51,4)64(54,66)56(68)46-63(55,65)5/h14-17,20-23,42-43,45,50,53-56,68,74H,6-13,18-19,24-41,44,46-49H2,1-5H3/b16-14-,17-15-,22-20-,23-21-/t50-,53-,54+,55+,56+,62+,63+,64+,65+/m1/s1. The molecule has 3 fully saturated rings. The highest BCUT2D eigenvalue weighted by molar-refractivity contribution is 6.01. The lowest BCUT2D eigenvalue weighted by Gasteiger charge is -2.62. The van der Waals surface area contributed by atoms with Crippen LogP contribution in [-0.4, -0.2) is 89.0 Å². The number of alkyl halides is 1. The SMILES string of the molecule is CCCCC/C=C\C/C=C\CCCCCCCC(=O)OC[C@H](COC(=O)CCC(=O)OCC(=O)[C@@]1(O)[C@H](C)C[C@H]2[C@@H]3CCC4=CC(=O)C=C[C@]4(C)[C@@]3(F)[C@@H](O)C[C@@]21C)OC(=O)CCCCCCC/C=C\C/C=C\CCCCC. The monoisotopic (exact) mass is 1090 g/mol. The van der Waals surface area contributed by atoms with Gasteiger partial charge in [0.05, 0.1) is 18.9 Å². The van der Waals surface area contributed by atoms with Gasteiger partial charge in [-0.3, -0.25) is 28.8 Å². The number of Topliss-reactive ketones (excluding diaryl/α,β-unsaturated/α-hetero) is 1. The number of aliphatic hydroxyl groups is 2. The number of halogens is 1. The second kappa shape index (κ2) is 34.6. The van der Waals surface area contributed by atoms with E-state index in [1.165, 1.54) is 50.7 Å². The molecule has 12 nitrogen and oxygen atoms in total. The topological polar surface area (TPSA) is 180 Å². The Morgan fingerprint density at radius 1 is 0.654 bits per heavy atom. The smallest absolute Gasteiger partial charge is 0.306 e. The molecular weight excluding hydrogens is 992 g/mol. The first-order valence-electron chi connectivity index (χ1n) is 30.3. The second-order valence-corrected chi connectivity index (χ2v) is 23.2. The molecule has 0 aromatic rings. The lowest BCUT2D eigenvalue weighted by atomic mass is 9.44. The van der Waals surface area contributed by atoms with Crippen molar-refractivity contribution in [3.8, 4) is 0 Å². The number of ether oxygens (including phenoxy) is 4. The number of hydrogen-bond donors (Lipinski definition) is 2. The van der Waals surface area contributed by atoms with Crippen LogP contribution in [0, 0.1) is 28.6 Å². The number of hydrogen-bond acceptors (Lipinski definition) is 12. The number of carbonyl (C=O) groups excluding carboxylic acids is 6. The van der Waals surface area contributed by atoms with Crippen molar-refractivity contribution >= 4 is 35.4 Å². The predicted octanol–water partition coefficient (Wildman–Crippen LogP) is 13.9. The third kappa shape index (κ3) is 19.4. The highest BCUT2D eigenvalue weighted by Gasteiger charge is 2.75. The van der Waals surface area contributed by atoms with Gasteiger partial charge in [0, 0.05) is 29.6 Å². The van der Waals surface area contributed by atoms with Gasteiger partial charge in [-0.15, -0.1) is 0 Å².